The normalized spacial score (nSPS) is 10.3. The van der Waals surface area contributed by atoms with Crippen molar-refractivity contribution >= 4 is 11.6 Å². The van der Waals surface area contributed by atoms with Crippen LogP contribution in [-0.2, 0) is 6.42 Å². The molecule has 2 aromatic carbocycles. The monoisotopic (exact) mass is 246 g/mol. The Morgan fingerprint density at radius 3 is 2.24 bits per heavy atom. The Hall–Kier alpha value is -1.47. The Labute approximate surface area is 107 Å². The predicted molar refractivity (Wildman–Crippen MR) is 72.1 cm³/mol. The van der Waals surface area contributed by atoms with Crippen molar-refractivity contribution < 1.29 is 4.74 Å². The molecule has 0 aliphatic rings. The van der Waals surface area contributed by atoms with Crippen molar-refractivity contribution in [2.45, 2.75) is 20.3 Å². The van der Waals surface area contributed by atoms with Gasteiger partial charge in [-0.1, -0.05) is 36.7 Å². The summed E-state index contributed by atoms with van der Waals surface area (Å²) in [5, 5.41) is 0.729. The van der Waals surface area contributed by atoms with Crippen LogP contribution in [0.1, 0.15) is 18.1 Å². The van der Waals surface area contributed by atoms with Gasteiger partial charge in [-0.05, 0) is 48.7 Å². The molecule has 2 rings (SSSR count). The van der Waals surface area contributed by atoms with E-state index in [1.807, 2.05) is 37.3 Å². The molecule has 0 aliphatic carbocycles. The van der Waals surface area contributed by atoms with Crippen LogP contribution in [0.2, 0.25) is 5.02 Å². The molecule has 0 N–H and O–H groups in total. The molecule has 0 fully saturated rings. The van der Waals surface area contributed by atoms with Gasteiger partial charge in [0, 0.05) is 5.02 Å². The number of hydrogen-bond acceptors (Lipinski definition) is 1. The zero-order valence-electron chi connectivity index (χ0n) is 10.0. The molecule has 2 aromatic rings. The van der Waals surface area contributed by atoms with Crippen LogP contribution in [0.3, 0.4) is 0 Å². The smallest absolute Gasteiger partial charge is 0.128 e. The largest absolute Gasteiger partial charge is 0.457 e. The van der Waals surface area contributed by atoms with Gasteiger partial charge in [0.25, 0.3) is 0 Å². The molecule has 0 unspecified atom stereocenters. The molecule has 0 aromatic heterocycles. The zero-order valence-corrected chi connectivity index (χ0v) is 10.8. The Bertz CT molecular complexity index is 503. The molecule has 0 radical (unpaired) electrons. The van der Waals surface area contributed by atoms with Gasteiger partial charge < -0.3 is 4.74 Å². The van der Waals surface area contributed by atoms with Crippen molar-refractivity contribution in [1.29, 1.82) is 0 Å². The molecule has 88 valence electrons. The minimum atomic E-state index is 0.729. The van der Waals surface area contributed by atoms with Gasteiger partial charge in [0.15, 0.2) is 0 Å². The third kappa shape index (κ3) is 3.01. The fraction of sp³-hybridized carbons (Fsp3) is 0.200. The highest BCUT2D eigenvalue weighted by molar-refractivity contribution is 6.31. The van der Waals surface area contributed by atoms with Crippen molar-refractivity contribution in [1.82, 2.24) is 0 Å². The first-order chi connectivity index (χ1) is 8.19. The highest BCUT2D eigenvalue weighted by Gasteiger charge is 2.00. The topological polar surface area (TPSA) is 9.23 Å². The molecule has 0 saturated carbocycles. The average molecular weight is 247 g/mol. The lowest BCUT2D eigenvalue weighted by Crippen LogP contribution is -1.86. The van der Waals surface area contributed by atoms with Crippen LogP contribution in [0.4, 0.5) is 0 Å². The van der Waals surface area contributed by atoms with Crippen molar-refractivity contribution in [3.63, 3.8) is 0 Å². The van der Waals surface area contributed by atoms with Gasteiger partial charge in [-0.2, -0.15) is 0 Å². The third-order valence-corrected chi connectivity index (χ3v) is 3.12. The van der Waals surface area contributed by atoms with Crippen molar-refractivity contribution in [2.24, 2.45) is 0 Å². The second-order valence-corrected chi connectivity index (χ2v) is 4.42. The fourth-order valence-corrected chi connectivity index (χ4v) is 1.74. The van der Waals surface area contributed by atoms with E-state index in [9.17, 15) is 0 Å². The Balaban J connectivity index is 2.16. The van der Waals surface area contributed by atoms with Gasteiger partial charge >= 0.3 is 0 Å². The Morgan fingerprint density at radius 2 is 1.65 bits per heavy atom. The maximum absolute atomic E-state index is 6.05. The van der Waals surface area contributed by atoms with Gasteiger partial charge in [-0.25, -0.2) is 0 Å². The average Bonchev–Trinajstić information content (AvgIpc) is 2.35. The Morgan fingerprint density at radius 1 is 1.00 bits per heavy atom. The molecule has 0 aliphatic heterocycles. The van der Waals surface area contributed by atoms with E-state index < -0.39 is 0 Å². The summed E-state index contributed by atoms with van der Waals surface area (Å²) in [5.41, 5.74) is 2.36. The van der Waals surface area contributed by atoms with Crippen LogP contribution in [0, 0.1) is 6.92 Å². The summed E-state index contributed by atoms with van der Waals surface area (Å²) in [5.74, 6) is 1.60. The highest BCUT2D eigenvalue weighted by atomic mass is 35.5. The summed E-state index contributed by atoms with van der Waals surface area (Å²) < 4.78 is 5.73. The summed E-state index contributed by atoms with van der Waals surface area (Å²) in [6, 6.07) is 13.8. The summed E-state index contributed by atoms with van der Waals surface area (Å²) >= 11 is 6.05. The molecule has 0 saturated heterocycles. The van der Waals surface area contributed by atoms with Crippen LogP contribution in [-0.4, -0.2) is 0 Å². The molecule has 0 spiro atoms. The van der Waals surface area contributed by atoms with Gasteiger partial charge in [0.1, 0.15) is 11.5 Å². The van der Waals surface area contributed by atoms with Gasteiger partial charge in [0.05, 0.1) is 0 Å². The number of benzene rings is 2. The maximum atomic E-state index is 6.05. The molecule has 1 nitrogen and oxygen atoms in total. The number of halogens is 1. The van der Waals surface area contributed by atoms with E-state index in [2.05, 4.69) is 19.1 Å². The molecular formula is C15H15ClO. The first-order valence-corrected chi connectivity index (χ1v) is 6.10. The number of ether oxygens (including phenoxy) is 1. The van der Waals surface area contributed by atoms with E-state index >= 15 is 0 Å². The number of aryl methyl sites for hydroxylation is 2. The summed E-state index contributed by atoms with van der Waals surface area (Å²) in [7, 11) is 0. The highest BCUT2D eigenvalue weighted by Crippen LogP contribution is 2.26. The minimum Gasteiger partial charge on any atom is -0.457 e. The lowest BCUT2D eigenvalue weighted by atomic mass is 10.2. The third-order valence-electron chi connectivity index (χ3n) is 2.71. The minimum absolute atomic E-state index is 0.729. The zero-order chi connectivity index (χ0) is 12.3. The first kappa shape index (κ1) is 12.0. The fourth-order valence-electron chi connectivity index (χ4n) is 1.57. The summed E-state index contributed by atoms with van der Waals surface area (Å²) in [6.45, 7) is 4.11. The second kappa shape index (κ2) is 5.24. The Kier molecular flexibility index (Phi) is 3.70. The van der Waals surface area contributed by atoms with Gasteiger partial charge in [-0.3, -0.25) is 0 Å². The SMILES string of the molecule is CCc1ccc(Oc2ccc(C)c(Cl)c2)cc1. The quantitative estimate of drug-likeness (QED) is 0.740. The molecular weight excluding hydrogens is 232 g/mol. The number of rotatable bonds is 3. The maximum Gasteiger partial charge on any atom is 0.128 e. The second-order valence-electron chi connectivity index (χ2n) is 4.01. The lowest BCUT2D eigenvalue weighted by molar-refractivity contribution is 0.482. The van der Waals surface area contributed by atoms with Crippen LogP contribution in [0.25, 0.3) is 0 Å². The van der Waals surface area contributed by atoms with Crippen LogP contribution >= 0.6 is 11.6 Å². The molecule has 17 heavy (non-hydrogen) atoms. The molecule has 0 heterocycles. The van der Waals surface area contributed by atoms with E-state index in [4.69, 9.17) is 16.3 Å². The van der Waals surface area contributed by atoms with E-state index in [1.165, 1.54) is 5.56 Å². The van der Waals surface area contributed by atoms with Crippen molar-refractivity contribution in [3.8, 4) is 11.5 Å². The summed E-state index contributed by atoms with van der Waals surface area (Å²) in [6.07, 6.45) is 1.04. The van der Waals surface area contributed by atoms with Crippen molar-refractivity contribution in [3.05, 3.63) is 58.6 Å². The summed E-state index contributed by atoms with van der Waals surface area (Å²) in [4.78, 5) is 0. The predicted octanol–water partition coefficient (Wildman–Crippen LogP) is 5.00. The molecule has 0 amide bonds. The van der Waals surface area contributed by atoms with E-state index in [-0.39, 0.29) is 0 Å². The van der Waals surface area contributed by atoms with Crippen LogP contribution in [0.15, 0.2) is 42.5 Å². The van der Waals surface area contributed by atoms with Crippen LogP contribution in [0.5, 0.6) is 11.5 Å². The van der Waals surface area contributed by atoms with Gasteiger partial charge in [-0.15, -0.1) is 0 Å². The number of hydrogen-bond donors (Lipinski definition) is 0. The van der Waals surface area contributed by atoms with Crippen LogP contribution < -0.4 is 4.74 Å². The van der Waals surface area contributed by atoms with E-state index in [0.29, 0.717) is 0 Å². The lowest BCUT2D eigenvalue weighted by Gasteiger charge is -2.07. The van der Waals surface area contributed by atoms with Crippen molar-refractivity contribution in [2.75, 3.05) is 0 Å². The van der Waals surface area contributed by atoms with E-state index in [1.54, 1.807) is 0 Å². The van der Waals surface area contributed by atoms with E-state index in [0.717, 1.165) is 28.5 Å². The standard InChI is InChI=1S/C15H15ClO/c1-3-12-5-8-13(9-6-12)17-14-7-4-11(2)15(16)10-14/h4-10H,3H2,1-2H3. The molecule has 2 heteroatoms. The molecule has 0 atom stereocenters. The molecule has 0 bridgehead atoms. The first-order valence-electron chi connectivity index (χ1n) is 5.72. The van der Waals surface area contributed by atoms with Gasteiger partial charge in [0.2, 0.25) is 0 Å².